The van der Waals surface area contributed by atoms with Crippen molar-refractivity contribution in [2.24, 2.45) is 0 Å². The highest BCUT2D eigenvalue weighted by atomic mass is 16.5. The van der Waals surface area contributed by atoms with Crippen LogP contribution in [-0.4, -0.2) is 28.4 Å². The van der Waals surface area contributed by atoms with Gasteiger partial charge in [-0.3, -0.25) is 9.78 Å². The SMILES string of the molecule is CCN(Cc1ccccn1)C(=O)c1ccccc1OC1CCC1. The van der Waals surface area contributed by atoms with Crippen molar-refractivity contribution in [1.29, 1.82) is 0 Å². The minimum absolute atomic E-state index is 0.00641. The fourth-order valence-corrected chi connectivity index (χ4v) is 2.60. The minimum Gasteiger partial charge on any atom is -0.490 e. The molecule has 1 heterocycles. The lowest BCUT2D eigenvalue weighted by Crippen LogP contribution is -2.32. The Kier molecular flexibility index (Phi) is 4.91. The van der Waals surface area contributed by atoms with Gasteiger partial charge in [-0.25, -0.2) is 0 Å². The number of carbonyl (C=O) groups excluding carboxylic acids is 1. The normalized spacial score (nSPS) is 14.1. The molecule has 1 aliphatic rings. The Morgan fingerprint density at radius 1 is 1.22 bits per heavy atom. The predicted octanol–water partition coefficient (Wildman–Crippen LogP) is 3.68. The van der Waals surface area contributed by atoms with Crippen molar-refractivity contribution in [1.82, 2.24) is 9.88 Å². The van der Waals surface area contributed by atoms with Crippen LogP contribution < -0.4 is 4.74 Å². The minimum atomic E-state index is -0.00641. The number of ether oxygens (including phenoxy) is 1. The lowest BCUT2D eigenvalue weighted by Gasteiger charge is -2.28. The maximum atomic E-state index is 12.9. The Balaban J connectivity index is 1.77. The van der Waals surface area contributed by atoms with E-state index in [-0.39, 0.29) is 12.0 Å². The summed E-state index contributed by atoms with van der Waals surface area (Å²) in [5.74, 6) is 0.690. The lowest BCUT2D eigenvalue weighted by molar-refractivity contribution is 0.0732. The van der Waals surface area contributed by atoms with Crippen LogP contribution in [0.15, 0.2) is 48.7 Å². The highest BCUT2D eigenvalue weighted by molar-refractivity contribution is 5.96. The van der Waals surface area contributed by atoms with Crippen LogP contribution in [0.5, 0.6) is 5.75 Å². The van der Waals surface area contributed by atoms with Crippen LogP contribution >= 0.6 is 0 Å². The average molecular weight is 310 g/mol. The molecule has 0 saturated heterocycles. The number of aromatic nitrogens is 1. The Morgan fingerprint density at radius 2 is 2.00 bits per heavy atom. The quantitative estimate of drug-likeness (QED) is 0.817. The molecular weight excluding hydrogens is 288 g/mol. The van der Waals surface area contributed by atoms with Gasteiger partial charge < -0.3 is 9.64 Å². The van der Waals surface area contributed by atoms with Gasteiger partial charge in [-0.05, 0) is 50.5 Å². The molecule has 3 rings (SSSR count). The van der Waals surface area contributed by atoms with Gasteiger partial charge in [0, 0.05) is 12.7 Å². The lowest BCUT2D eigenvalue weighted by atomic mass is 9.96. The van der Waals surface area contributed by atoms with Crippen molar-refractivity contribution in [2.75, 3.05) is 6.54 Å². The standard InChI is InChI=1S/C19H22N2O2/c1-2-21(14-15-8-5-6-13-20-15)19(22)17-11-3-4-12-18(17)23-16-9-7-10-16/h3-6,8,11-13,16H,2,7,9-10,14H2,1H3. The first-order valence-corrected chi connectivity index (χ1v) is 8.23. The molecule has 1 aromatic heterocycles. The van der Waals surface area contributed by atoms with Crippen LogP contribution in [0.1, 0.15) is 42.2 Å². The summed E-state index contributed by atoms with van der Waals surface area (Å²) >= 11 is 0. The third kappa shape index (κ3) is 3.70. The highest BCUT2D eigenvalue weighted by Crippen LogP contribution is 2.28. The third-order valence-electron chi connectivity index (χ3n) is 4.21. The molecule has 0 unspecified atom stereocenters. The molecule has 0 atom stereocenters. The van der Waals surface area contributed by atoms with Gasteiger partial charge in [0.05, 0.1) is 23.9 Å². The van der Waals surface area contributed by atoms with Gasteiger partial charge in [-0.2, -0.15) is 0 Å². The number of pyridine rings is 1. The molecule has 1 saturated carbocycles. The van der Waals surface area contributed by atoms with E-state index in [2.05, 4.69) is 4.98 Å². The van der Waals surface area contributed by atoms with Gasteiger partial charge in [0.1, 0.15) is 5.75 Å². The fourth-order valence-electron chi connectivity index (χ4n) is 2.60. The van der Waals surface area contributed by atoms with E-state index < -0.39 is 0 Å². The predicted molar refractivity (Wildman–Crippen MR) is 89.4 cm³/mol. The van der Waals surface area contributed by atoms with Gasteiger partial charge >= 0.3 is 0 Å². The molecule has 1 fully saturated rings. The Morgan fingerprint density at radius 3 is 2.65 bits per heavy atom. The first kappa shape index (κ1) is 15.5. The van der Waals surface area contributed by atoms with Crippen LogP contribution in [0, 0.1) is 0 Å². The molecule has 1 aromatic carbocycles. The second-order valence-electron chi connectivity index (χ2n) is 5.81. The van der Waals surface area contributed by atoms with E-state index in [4.69, 9.17) is 4.74 Å². The van der Waals surface area contributed by atoms with Crippen molar-refractivity contribution in [3.05, 3.63) is 59.9 Å². The van der Waals surface area contributed by atoms with E-state index in [0.717, 1.165) is 18.5 Å². The van der Waals surface area contributed by atoms with Crippen molar-refractivity contribution in [2.45, 2.75) is 38.8 Å². The molecule has 2 aromatic rings. The number of hydrogen-bond donors (Lipinski definition) is 0. The monoisotopic (exact) mass is 310 g/mol. The number of nitrogens with zero attached hydrogens (tertiary/aromatic N) is 2. The summed E-state index contributed by atoms with van der Waals surface area (Å²) in [6.45, 7) is 3.12. The van der Waals surface area contributed by atoms with Gasteiger partial charge in [0.15, 0.2) is 0 Å². The Bertz CT molecular complexity index is 653. The number of benzene rings is 1. The summed E-state index contributed by atoms with van der Waals surface area (Å²) in [5.41, 5.74) is 1.53. The average Bonchev–Trinajstić information content (AvgIpc) is 2.56. The maximum absolute atomic E-state index is 12.9. The molecule has 23 heavy (non-hydrogen) atoms. The van der Waals surface area contributed by atoms with Crippen molar-refractivity contribution < 1.29 is 9.53 Å². The molecule has 0 spiro atoms. The first-order chi connectivity index (χ1) is 11.3. The highest BCUT2D eigenvalue weighted by Gasteiger charge is 2.23. The van der Waals surface area contributed by atoms with Crippen LogP contribution in [0.2, 0.25) is 0 Å². The van der Waals surface area contributed by atoms with Gasteiger partial charge in [-0.1, -0.05) is 18.2 Å². The first-order valence-electron chi connectivity index (χ1n) is 8.23. The molecule has 0 aliphatic heterocycles. The second kappa shape index (κ2) is 7.27. The zero-order chi connectivity index (χ0) is 16.1. The second-order valence-corrected chi connectivity index (χ2v) is 5.81. The molecule has 1 amide bonds. The zero-order valence-corrected chi connectivity index (χ0v) is 13.4. The Labute approximate surface area is 137 Å². The van der Waals surface area contributed by atoms with E-state index in [9.17, 15) is 4.79 Å². The summed E-state index contributed by atoms with van der Waals surface area (Å²) in [5, 5.41) is 0. The smallest absolute Gasteiger partial charge is 0.257 e. The summed E-state index contributed by atoms with van der Waals surface area (Å²) in [4.78, 5) is 19.0. The molecule has 0 radical (unpaired) electrons. The number of para-hydroxylation sites is 1. The number of rotatable bonds is 6. The molecular formula is C19H22N2O2. The van der Waals surface area contributed by atoms with E-state index in [1.807, 2.05) is 49.4 Å². The molecule has 1 aliphatic carbocycles. The summed E-state index contributed by atoms with van der Waals surface area (Å²) in [7, 11) is 0. The summed E-state index contributed by atoms with van der Waals surface area (Å²) in [6, 6.07) is 13.3. The summed E-state index contributed by atoms with van der Waals surface area (Å²) in [6.07, 6.45) is 5.37. The van der Waals surface area contributed by atoms with Crippen molar-refractivity contribution in [3.63, 3.8) is 0 Å². The third-order valence-corrected chi connectivity index (χ3v) is 4.21. The van der Waals surface area contributed by atoms with Crippen LogP contribution in [0.3, 0.4) is 0 Å². The zero-order valence-electron chi connectivity index (χ0n) is 13.4. The van der Waals surface area contributed by atoms with Gasteiger partial charge in [0.25, 0.3) is 5.91 Å². The van der Waals surface area contributed by atoms with Crippen molar-refractivity contribution >= 4 is 5.91 Å². The molecule has 0 bridgehead atoms. The molecule has 4 heteroatoms. The van der Waals surface area contributed by atoms with E-state index >= 15 is 0 Å². The maximum Gasteiger partial charge on any atom is 0.257 e. The topological polar surface area (TPSA) is 42.4 Å². The van der Waals surface area contributed by atoms with Crippen LogP contribution in [0.4, 0.5) is 0 Å². The van der Waals surface area contributed by atoms with E-state index in [0.29, 0.717) is 24.4 Å². The molecule has 120 valence electrons. The van der Waals surface area contributed by atoms with Crippen LogP contribution in [0.25, 0.3) is 0 Å². The van der Waals surface area contributed by atoms with Gasteiger partial charge in [-0.15, -0.1) is 0 Å². The largest absolute Gasteiger partial charge is 0.490 e. The van der Waals surface area contributed by atoms with Crippen LogP contribution in [-0.2, 0) is 6.54 Å². The Hall–Kier alpha value is -2.36. The molecule has 0 N–H and O–H groups in total. The van der Waals surface area contributed by atoms with E-state index in [1.165, 1.54) is 6.42 Å². The summed E-state index contributed by atoms with van der Waals surface area (Å²) < 4.78 is 5.98. The molecule has 4 nitrogen and oxygen atoms in total. The number of carbonyl (C=O) groups is 1. The van der Waals surface area contributed by atoms with Gasteiger partial charge in [0.2, 0.25) is 0 Å². The van der Waals surface area contributed by atoms with E-state index in [1.54, 1.807) is 11.1 Å². The van der Waals surface area contributed by atoms with Crippen molar-refractivity contribution in [3.8, 4) is 5.75 Å². The number of hydrogen-bond acceptors (Lipinski definition) is 3. The number of amides is 1. The fraction of sp³-hybridized carbons (Fsp3) is 0.368.